The average Bonchev–Trinajstić information content (AvgIpc) is 2.32. The largest absolute Gasteiger partial charge is 0.388 e. The number of aliphatic hydroxyl groups is 1. The van der Waals surface area contributed by atoms with Crippen LogP contribution in [0.4, 0.5) is 0 Å². The molecule has 3 unspecified atom stereocenters. The van der Waals surface area contributed by atoms with Crippen molar-refractivity contribution in [1.29, 1.82) is 0 Å². The molecule has 1 saturated carbocycles. The molecule has 0 radical (unpaired) electrons. The third-order valence-electron chi connectivity index (χ3n) is 3.71. The molecule has 1 aromatic rings. The van der Waals surface area contributed by atoms with E-state index < -0.39 is 0 Å². The first-order valence-corrected chi connectivity index (χ1v) is 7.66. The van der Waals surface area contributed by atoms with Gasteiger partial charge in [0.05, 0.1) is 11.1 Å². The maximum absolute atomic E-state index is 10.4. The second-order valence-corrected chi connectivity index (χ2v) is 6.72. The molecule has 2 rings (SSSR count). The van der Waals surface area contributed by atoms with E-state index in [1.165, 1.54) is 12.8 Å². The summed E-state index contributed by atoms with van der Waals surface area (Å²) in [4.78, 5) is 0. The number of rotatable bonds is 2. The van der Waals surface area contributed by atoms with Crippen molar-refractivity contribution in [2.75, 3.05) is 0 Å². The highest BCUT2D eigenvalue weighted by molar-refractivity contribution is 14.1. The molecular weight excluding hydrogens is 347 g/mol. The fraction of sp³-hybridized carbons (Fsp3) is 0.571. The standard InChI is InChI=1S/C14H18ClIO/c1-9-3-2-4-10(7-9)14(17)11-5-6-13(16)12(15)8-11/h5-6,8-10,14,17H,2-4,7H2,1H3. The fourth-order valence-corrected chi connectivity index (χ4v) is 3.26. The lowest BCUT2D eigenvalue weighted by atomic mass is 9.78. The predicted octanol–water partition coefficient (Wildman–Crippen LogP) is 4.80. The van der Waals surface area contributed by atoms with Crippen LogP contribution in [-0.4, -0.2) is 5.11 Å². The van der Waals surface area contributed by atoms with E-state index in [-0.39, 0.29) is 6.10 Å². The van der Waals surface area contributed by atoms with Crippen molar-refractivity contribution in [3.63, 3.8) is 0 Å². The minimum Gasteiger partial charge on any atom is -0.388 e. The Hall–Kier alpha value is 0.200. The van der Waals surface area contributed by atoms with Gasteiger partial charge < -0.3 is 5.11 Å². The van der Waals surface area contributed by atoms with E-state index in [9.17, 15) is 5.11 Å². The van der Waals surface area contributed by atoms with Crippen LogP contribution in [0.15, 0.2) is 18.2 Å². The van der Waals surface area contributed by atoms with Gasteiger partial charge in [0.2, 0.25) is 0 Å². The lowest BCUT2D eigenvalue weighted by Crippen LogP contribution is -2.20. The first-order chi connectivity index (χ1) is 8.08. The lowest BCUT2D eigenvalue weighted by molar-refractivity contribution is 0.0714. The Kier molecular flexibility index (Phi) is 4.72. The summed E-state index contributed by atoms with van der Waals surface area (Å²) in [7, 11) is 0. The molecule has 0 amide bonds. The Morgan fingerprint density at radius 2 is 2.18 bits per heavy atom. The summed E-state index contributed by atoms with van der Waals surface area (Å²) in [6.07, 6.45) is 4.45. The van der Waals surface area contributed by atoms with Crippen LogP contribution in [0.2, 0.25) is 5.02 Å². The SMILES string of the molecule is CC1CCCC(C(O)c2ccc(I)c(Cl)c2)C1. The van der Waals surface area contributed by atoms with Gasteiger partial charge in [0.25, 0.3) is 0 Å². The van der Waals surface area contributed by atoms with Gasteiger partial charge in [-0.15, -0.1) is 0 Å². The highest BCUT2D eigenvalue weighted by Crippen LogP contribution is 2.37. The minimum atomic E-state index is -0.354. The van der Waals surface area contributed by atoms with Crippen LogP contribution < -0.4 is 0 Å². The molecule has 1 N–H and O–H groups in total. The summed E-state index contributed by atoms with van der Waals surface area (Å²) in [5.41, 5.74) is 0.967. The van der Waals surface area contributed by atoms with Crippen LogP contribution in [0.5, 0.6) is 0 Å². The topological polar surface area (TPSA) is 20.2 Å². The van der Waals surface area contributed by atoms with Crippen molar-refractivity contribution in [2.45, 2.75) is 38.7 Å². The van der Waals surface area contributed by atoms with Crippen LogP contribution in [0.1, 0.15) is 44.3 Å². The Labute approximate surface area is 122 Å². The zero-order valence-electron chi connectivity index (χ0n) is 10.00. The first kappa shape index (κ1) is 13.6. The van der Waals surface area contributed by atoms with E-state index in [0.29, 0.717) is 5.92 Å². The van der Waals surface area contributed by atoms with Crippen molar-refractivity contribution >= 4 is 34.2 Å². The fourth-order valence-electron chi connectivity index (χ4n) is 2.74. The molecule has 1 nitrogen and oxygen atoms in total. The molecule has 94 valence electrons. The maximum Gasteiger partial charge on any atom is 0.0818 e. The molecule has 1 fully saturated rings. The van der Waals surface area contributed by atoms with Gasteiger partial charge in [-0.25, -0.2) is 0 Å². The summed E-state index contributed by atoms with van der Waals surface area (Å²) in [5, 5.41) is 11.2. The highest BCUT2D eigenvalue weighted by Gasteiger charge is 2.26. The quantitative estimate of drug-likeness (QED) is 0.747. The summed E-state index contributed by atoms with van der Waals surface area (Å²) in [6.45, 7) is 2.28. The van der Waals surface area contributed by atoms with Crippen LogP contribution in [-0.2, 0) is 0 Å². The first-order valence-electron chi connectivity index (χ1n) is 6.21. The van der Waals surface area contributed by atoms with Crippen LogP contribution >= 0.6 is 34.2 Å². The number of benzene rings is 1. The van der Waals surface area contributed by atoms with Crippen LogP contribution in [0.3, 0.4) is 0 Å². The van der Waals surface area contributed by atoms with Crippen LogP contribution in [0.25, 0.3) is 0 Å². The monoisotopic (exact) mass is 364 g/mol. The molecule has 0 spiro atoms. The number of aliphatic hydroxyl groups excluding tert-OH is 1. The molecule has 0 bridgehead atoms. The Morgan fingerprint density at radius 3 is 2.82 bits per heavy atom. The Balaban J connectivity index is 2.12. The van der Waals surface area contributed by atoms with E-state index in [2.05, 4.69) is 29.5 Å². The summed E-state index contributed by atoms with van der Waals surface area (Å²) in [5.74, 6) is 1.14. The molecule has 1 aliphatic rings. The average molecular weight is 365 g/mol. The molecule has 0 aromatic heterocycles. The molecule has 0 aliphatic heterocycles. The Morgan fingerprint density at radius 1 is 1.41 bits per heavy atom. The zero-order chi connectivity index (χ0) is 12.4. The van der Waals surface area contributed by atoms with Gasteiger partial charge in [0.1, 0.15) is 0 Å². The molecule has 1 aromatic carbocycles. The highest BCUT2D eigenvalue weighted by atomic mass is 127. The maximum atomic E-state index is 10.4. The number of hydrogen-bond acceptors (Lipinski definition) is 1. The van der Waals surface area contributed by atoms with Gasteiger partial charge in [0, 0.05) is 3.57 Å². The molecule has 17 heavy (non-hydrogen) atoms. The van der Waals surface area contributed by atoms with Gasteiger partial charge in [-0.2, -0.15) is 0 Å². The van der Waals surface area contributed by atoms with Crippen LogP contribution in [0, 0.1) is 15.4 Å². The lowest BCUT2D eigenvalue weighted by Gasteiger charge is -2.30. The summed E-state index contributed by atoms with van der Waals surface area (Å²) < 4.78 is 1.04. The smallest absolute Gasteiger partial charge is 0.0818 e. The van der Waals surface area contributed by atoms with Crippen molar-refractivity contribution in [2.24, 2.45) is 11.8 Å². The number of halogens is 2. The molecule has 0 saturated heterocycles. The third-order valence-corrected chi connectivity index (χ3v) is 5.28. The third kappa shape index (κ3) is 3.36. The van der Waals surface area contributed by atoms with Gasteiger partial charge in [-0.05, 0) is 65.0 Å². The van der Waals surface area contributed by atoms with Crippen molar-refractivity contribution < 1.29 is 5.11 Å². The van der Waals surface area contributed by atoms with E-state index in [1.807, 2.05) is 18.2 Å². The van der Waals surface area contributed by atoms with E-state index in [0.717, 1.165) is 32.9 Å². The van der Waals surface area contributed by atoms with Gasteiger partial charge in [-0.3, -0.25) is 0 Å². The molecule has 1 aliphatic carbocycles. The predicted molar refractivity (Wildman–Crippen MR) is 80.3 cm³/mol. The van der Waals surface area contributed by atoms with Crippen molar-refractivity contribution in [1.82, 2.24) is 0 Å². The molecular formula is C14H18ClIO. The van der Waals surface area contributed by atoms with Gasteiger partial charge in [0.15, 0.2) is 0 Å². The van der Waals surface area contributed by atoms with Gasteiger partial charge >= 0.3 is 0 Å². The normalized spacial score (nSPS) is 26.8. The Bertz CT molecular complexity index is 394. The molecule has 3 heteroatoms. The molecule has 3 atom stereocenters. The second-order valence-electron chi connectivity index (χ2n) is 5.15. The van der Waals surface area contributed by atoms with Crippen molar-refractivity contribution in [3.05, 3.63) is 32.4 Å². The number of hydrogen-bond donors (Lipinski definition) is 1. The zero-order valence-corrected chi connectivity index (χ0v) is 12.9. The summed E-state index contributed by atoms with van der Waals surface area (Å²) >= 11 is 8.32. The second kappa shape index (κ2) is 5.89. The van der Waals surface area contributed by atoms with Crippen molar-refractivity contribution in [3.8, 4) is 0 Å². The van der Waals surface area contributed by atoms with E-state index >= 15 is 0 Å². The molecule has 0 heterocycles. The van der Waals surface area contributed by atoms with E-state index in [1.54, 1.807) is 0 Å². The van der Waals surface area contributed by atoms with E-state index in [4.69, 9.17) is 11.6 Å². The summed E-state index contributed by atoms with van der Waals surface area (Å²) in [6, 6.07) is 5.89. The van der Waals surface area contributed by atoms with Gasteiger partial charge in [-0.1, -0.05) is 37.4 Å². The minimum absolute atomic E-state index is 0.354.